The van der Waals surface area contributed by atoms with Crippen LogP contribution in [0.15, 0.2) is 72.8 Å². The molecule has 0 radical (unpaired) electrons. The highest BCUT2D eigenvalue weighted by Crippen LogP contribution is 2.53. The van der Waals surface area contributed by atoms with E-state index in [4.69, 9.17) is 4.84 Å². The Hall–Kier alpha value is -3.60. The Labute approximate surface area is 175 Å². The number of para-hydroxylation sites is 1. The van der Waals surface area contributed by atoms with Crippen LogP contribution in [0.25, 0.3) is 0 Å². The molecule has 30 heavy (non-hydrogen) atoms. The molecule has 5 heteroatoms. The molecule has 2 heterocycles. The molecule has 1 saturated heterocycles. The van der Waals surface area contributed by atoms with Crippen LogP contribution in [0.5, 0.6) is 0 Å². The fourth-order valence-corrected chi connectivity index (χ4v) is 4.74. The van der Waals surface area contributed by atoms with E-state index in [0.29, 0.717) is 12.2 Å². The van der Waals surface area contributed by atoms with Gasteiger partial charge in [-0.2, -0.15) is 5.06 Å². The maximum Gasteiger partial charge on any atom is 0.335 e. The molecule has 1 amide bonds. The number of rotatable bonds is 3. The van der Waals surface area contributed by atoms with Crippen LogP contribution in [0.2, 0.25) is 0 Å². The van der Waals surface area contributed by atoms with Gasteiger partial charge in [-0.3, -0.25) is 4.79 Å². The van der Waals surface area contributed by atoms with E-state index in [1.165, 1.54) is 5.06 Å². The summed E-state index contributed by atoms with van der Waals surface area (Å²) in [5.41, 5.74) is 4.28. The highest BCUT2D eigenvalue weighted by Gasteiger charge is 2.62. The predicted octanol–water partition coefficient (Wildman–Crippen LogP) is 4.41. The third-order valence-electron chi connectivity index (χ3n) is 5.88. The smallest absolute Gasteiger partial charge is 0.335 e. The molecule has 5 nitrogen and oxygen atoms in total. The van der Waals surface area contributed by atoms with E-state index >= 15 is 0 Å². The molecular weight excluding hydrogens is 376 g/mol. The SMILES string of the molecule is Cc1cc(C)c2c(c1)N(Cc1ccccc1)C(=O)[C@@]21CC(=O)ON1c1ccccc1. The minimum absolute atomic E-state index is 0.0110. The quantitative estimate of drug-likeness (QED) is 0.656. The maximum absolute atomic E-state index is 14.0. The molecule has 5 rings (SSSR count). The van der Waals surface area contributed by atoms with E-state index in [2.05, 4.69) is 6.07 Å². The van der Waals surface area contributed by atoms with Crippen molar-refractivity contribution in [3.05, 3.63) is 95.1 Å². The Bertz CT molecular complexity index is 1140. The van der Waals surface area contributed by atoms with Crippen molar-refractivity contribution in [2.24, 2.45) is 0 Å². The zero-order chi connectivity index (χ0) is 20.9. The number of hydroxylamine groups is 1. The van der Waals surface area contributed by atoms with E-state index in [0.717, 1.165) is 27.9 Å². The van der Waals surface area contributed by atoms with Crippen molar-refractivity contribution in [1.82, 2.24) is 0 Å². The monoisotopic (exact) mass is 398 g/mol. The second kappa shape index (κ2) is 6.73. The number of carbonyl (C=O) groups excluding carboxylic acids is 2. The average Bonchev–Trinajstić information content (AvgIpc) is 3.20. The van der Waals surface area contributed by atoms with Crippen LogP contribution in [0.4, 0.5) is 11.4 Å². The van der Waals surface area contributed by atoms with Crippen LogP contribution in [0.1, 0.15) is 28.7 Å². The first-order valence-electron chi connectivity index (χ1n) is 10.0. The third kappa shape index (κ3) is 2.62. The van der Waals surface area contributed by atoms with Crippen molar-refractivity contribution >= 4 is 23.3 Å². The Morgan fingerprint density at radius 2 is 1.60 bits per heavy atom. The van der Waals surface area contributed by atoms with Crippen LogP contribution in [0, 0.1) is 13.8 Å². The number of amides is 1. The second-order valence-corrected chi connectivity index (χ2v) is 7.98. The van der Waals surface area contributed by atoms with Crippen molar-refractivity contribution in [2.45, 2.75) is 32.4 Å². The summed E-state index contributed by atoms with van der Waals surface area (Å²) < 4.78 is 0. The van der Waals surface area contributed by atoms with Gasteiger partial charge in [-0.1, -0.05) is 54.6 Å². The molecule has 2 aliphatic heterocycles. The van der Waals surface area contributed by atoms with Gasteiger partial charge in [0, 0.05) is 5.56 Å². The molecule has 0 unspecified atom stereocenters. The number of benzene rings is 3. The molecule has 2 aliphatic rings. The highest BCUT2D eigenvalue weighted by atomic mass is 16.7. The molecule has 0 saturated carbocycles. The molecular formula is C25H22N2O3. The molecule has 3 aromatic carbocycles. The molecule has 150 valence electrons. The van der Waals surface area contributed by atoms with Crippen LogP contribution in [-0.2, 0) is 26.5 Å². The first kappa shape index (κ1) is 18.4. The van der Waals surface area contributed by atoms with Crippen molar-refractivity contribution in [3.63, 3.8) is 0 Å². The lowest BCUT2D eigenvalue weighted by molar-refractivity contribution is -0.139. The maximum atomic E-state index is 14.0. The summed E-state index contributed by atoms with van der Waals surface area (Å²) in [7, 11) is 0. The molecule has 0 N–H and O–H groups in total. The van der Waals surface area contributed by atoms with Gasteiger partial charge < -0.3 is 9.74 Å². The topological polar surface area (TPSA) is 49.9 Å². The zero-order valence-corrected chi connectivity index (χ0v) is 17.0. The average molecular weight is 398 g/mol. The van der Waals surface area contributed by atoms with Gasteiger partial charge in [0.05, 0.1) is 24.3 Å². The van der Waals surface area contributed by atoms with E-state index < -0.39 is 11.5 Å². The Morgan fingerprint density at radius 3 is 2.30 bits per heavy atom. The van der Waals surface area contributed by atoms with Gasteiger partial charge >= 0.3 is 5.97 Å². The van der Waals surface area contributed by atoms with Crippen molar-refractivity contribution in [1.29, 1.82) is 0 Å². The summed E-state index contributed by atoms with van der Waals surface area (Å²) in [6.07, 6.45) is -0.0110. The molecule has 1 atom stereocenters. The van der Waals surface area contributed by atoms with Crippen LogP contribution in [-0.4, -0.2) is 11.9 Å². The van der Waals surface area contributed by atoms with Crippen molar-refractivity contribution < 1.29 is 14.4 Å². The van der Waals surface area contributed by atoms with Crippen molar-refractivity contribution in [3.8, 4) is 0 Å². The van der Waals surface area contributed by atoms with Gasteiger partial charge in [0.1, 0.15) is 0 Å². The summed E-state index contributed by atoms with van der Waals surface area (Å²) in [5.74, 6) is -0.538. The minimum atomic E-state index is -1.19. The first-order valence-corrected chi connectivity index (χ1v) is 10.0. The largest absolute Gasteiger partial charge is 0.339 e. The molecule has 1 spiro atoms. The normalized spacial score (nSPS) is 20.1. The van der Waals surface area contributed by atoms with Gasteiger partial charge in [0.15, 0.2) is 5.54 Å². The second-order valence-electron chi connectivity index (χ2n) is 7.98. The molecule has 0 aliphatic carbocycles. The lowest BCUT2D eigenvalue weighted by Crippen LogP contribution is -2.49. The number of nitrogens with zero attached hydrogens (tertiary/aromatic N) is 2. The van der Waals surface area contributed by atoms with Gasteiger partial charge in [-0.25, -0.2) is 4.79 Å². The van der Waals surface area contributed by atoms with Crippen LogP contribution in [0.3, 0.4) is 0 Å². The lowest BCUT2D eigenvalue weighted by Gasteiger charge is -2.32. The van der Waals surface area contributed by atoms with Gasteiger partial charge in [-0.05, 0) is 48.7 Å². The van der Waals surface area contributed by atoms with E-state index in [1.54, 1.807) is 4.90 Å². The highest BCUT2D eigenvalue weighted by molar-refractivity contribution is 6.13. The molecule has 0 aromatic heterocycles. The van der Waals surface area contributed by atoms with Gasteiger partial charge in [0.25, 0.3) is 5.91 Å². The van der Waals surface area contributed by atoms with Crippen LogP contribution < -0.4 is 9.96 Å². The minimum Gasteiger partial charge on any atom is -0.339 e. The summed E-state index contributed by atoms with van der Waals surface area (Å²) in [4.78, 5) is 34.0. The summed E-state index contributed by atoms with van der Waals surface area (Å²) in [6, 6.07) is 23.4. The Balaban J connectivity index is 1.71. The Kier molecular flexibility index (Phi) is 4.13. The number of carbonyl (C=O) groups is 2. The number of hydrogen-bond donors (Lipinski definition) is 0. The fraction of sp³-hybridized carbons (Fsp3) is 0.200. The van der Waals surface area contributed by atoms with Crippen LogP contribution >= 0.6 is 0 Å². The molecule has 0 bridgehead atoms. The molecule has 3 aromatic rings. The zero-order valence-electron chi connectivity index (χ0n) is 17.0. The fourth-order valence-electron chi connectivity index (χ4n) is 4.74. The predicted molar refractivity (Wildman–Crippen MR) is 115 cm³/mol. The number of fused-ring (bicyclic) bond motifs is 2. The molecule has 1 fully saturated rings. The summed E-state index contributed by atoms with van der Waals surface area (Å²) in [5, 5.41) is 1.52. The number of hydrogen-bond acceptors (Lipinski definition) is 4. The standard InChI is InChI=1S/C25H22N2O3/c1-17-13-18(2)23-21(14-17)26(16-19-9-5-3-6-10-19)24(29)25(23)15-22(28)30-27(25)20-11-7-4-8-12-20/h3-14H,15-16H2,1-2H3/t25-/m1/s1. The van der Waals surface area contributed by atoms with Gasteiger partial charge in [0.2, 0.25) is 0 Å². The number of aryl methyl sites for hydroxylation is 2. The Morgan fingerprint density at radius 1 is 0.933 bits per heavy atom. The third-order valence-corrected chi connectivity index (χ3v) is 5.88. The van der Waals surface area contributed by atoms with E-state index in [9.17, 15) is 9.59 Å². The summed E-state index contributed by atoms with van der Waals surface area (Å²) in [6.45, 7) is 4.46. The van der Waals surface area contributed by atoms with Gasteiger partial charge in [-0.15, -0.1) is 0 Å². The summed E-state index contributed by atoms with van der Waals surface area (Å²) >= 11 is 0. The first-order chi connectivity index (χ1) is 14.5. The van der Waals surface area contributed by atoms with E-state index in [-0.39, 0.29) is 12.3 Å². The van der Waals surface area contributed by atoms with Crippen molar-refractivity contribution in [2.75, 3.05) is 9.96 Å². The van der Waals surface area contributed by atoms with E-state index in [1.807, 2.05) is 80.6 Å². The lowest BCUT2D eigenvalue weighted by atomic mass is 9.84. The number of anilines is 2.